The fraction of sp³-hybridized carbons (Fsp3) is 0.231. The number of carbonyl (C=O) groups is 1. The summed E-state index contributed by atoms with van der Waals surface area (Å²) in [7, 11) is 0. The standard InChI is InChI=1S/C26H26BrN3O2/c27-21-10-6-9-20(19-21)26(31)28-16-7-15-25-29-23-13-4-5-14-24(23)30(25)17-8-18-32-22-11-2-1-3-12-22/h1-6,9-14,19H,7-8,15-18H2,(H,28,31). The highest BCUT2D eigenvalue weighted by Crippen LogP contribution is 2.18. The van der Waals surface area contributed by atoms with Crippen LogP contribution >= 0.6 is 15.9 Å². The minimum atomic E-state index is -0.0575. The van der Waals surface area contributed by atoms with Crippen molar-refractivity contribution in [1.29, 1.82) is 0 Å². The van der Waals surface area contributed by atoms with Crippen molar-refractivity contribution in [3.05, 3.63) is 94.7 Å². The molecule has 1 aromatic heterocycles. The van der Waals surface area contributed by atoms with Gasteiger partial charge in [-0.3, -0.25) is 4.79 Å². The van der Waals surface area contributed by atoms with Gasteiger partial charge in [0.1, 0.15) is 11.6 Å². The third-order valence-corrected chi connectivity index (χ3v) is 5.71. The van der Waals surface area contributed by atoms with Crippen molar-refractivity contribution < 1.29 is 9.53 Å². The Morgan fingerprint density at radius 2 is 1.78 bits per heavy atom. The number of fused-ring (bicyclic) bond motifs is 1. The molecule has 0 spiro atoms. The zero-order chi connectivity index (χ0) is 22.2. The van der Waals surface area contributed by atoms with Gasteiger partial charge in [0.25, 0.3) is 5.91 Å². The van der Waals surface area contributed by atoms with Crippen molar-refractivity contribution in [2.24, 2.45) is 0 Å². The van der Waals surface area contributed by atoms with Crippen LogP contribution in [0.25, 0.3) is 11.0 Å². The van der Waals surface area contributed by atoms with Crippen LogP contribution in [-0.4, -0.2) is 28.6 Å². The summed E-state index contributed by atoms with van der Waals surface area (Å²) in [6.45, 7) is 2.09. The van der Waals surface area contributed by atoms with E-state index >= 15 is 0 Å². The van der Waals surface area contributed by atoms with Crippen LogP contribution in [0.15, 0.2) is 83.3 Å². The van der Waals surface area contributed by atoms with Crippen LogP contribution in [0.1, 0.15) is 29.0 Å². The molecular formula is C26H26BrN3O2. The smallest absolute Gasteiger partial charge is 0.251 e. The Hall–Kier alpha value is -3.12. The van der Waals surface area contributed by atoms with Crippen LogP contribution in [-0.2, 0) is 13.0 Å². The number of imidazole rings is 1. The SMILES string of the molecule is O=C(NCCCc1nc2ccccc2n1CCCOc1ccccc1)c1cccc(Br)c1. The predicted molar refractivity (Wildman–Crippen MR) is 131 cm³/mol. The predicted octanol–water partition coefficient (Wildman–Crippen LogP) is 5.63. The van der Waals surface area contributed by atoms with Crippen molar-refractivity contribution in [2.45, 2.75) is 25.8 Å². The molecule has 164 valence electrons. The molecule has 1 N–H and O–H groups in total. The molecule has 0 radical (unpaired) electrons. The zero-order valence-electron chi connectivity index (χ0n) is 17.8. The minimum absolute atomic E-state index is 0.0575. The fourth-order valence-electron chi connectivity index (χ4n) is 3.68. The van der Waals surface area contributed by atoms with E-state index in [0.717, 1.165) is 52.9 Å². The average Bonchev–Trinajstić information content (AvgIpc) is 3.17. The molecule has 0 unspecified atom stereocenters. The summed E-state index contributed by atoms with van der Waals surface area (Å²) in [6, 6.07) is 25.5. The summed E-state index contributed by atoms with van der Waals surface area (Å²) >= 11 is 3.41. The largest absolute Gasteiger partial charge is 0.494 e. The van der Waals surface area contributed by atoms with E-state index in [9.17, 15) is 4.79 Å². The molecule has 6 heteroatoms. The minimum Gasteiger partial charge on any atom is -0.494 e. The number of halogens is 1. The zero-order valence-corrected chi connectivity index (χ0v) is 19.4. The lowest BCUT2D eigenvalue weighted by Gasteiger charge is -2.11. The lowest BCUT2D eigenvalue weighted by Crippen LogP contribution is -2.25. The van der Waals surface area contributed by atoms with E-state index in [2.05, 4.69) is 31.9 Å². The first-order valence-corrected chi connectivity index (χ1v) is 11.7. The molecule has 0 fully saturated rings. The summed E-state index contributed by atoms with van der Waals surface area (Å²) in [5, 5.41) is 3.00. The Morgan fingerprint density at radius 3 is 2.62 bits per heavy atom. The lowest BCUT2D eigenvalue weighted by atomic mass is 10.2. The Balaban J connectivity index is 1.33. The van der Waals surface area contributed by atoms with Gasteiger partial charge in [-0.2, -0.15) is 0 Å². The molecule has 0 saturated carbocycles. The first kappa shape index (κ1) is 22.1. The summed E-state index contributed by atoms with van der Waals surface area (Å²) < 4.78 is 9.02. The van der Waals surface area contributed by atoms with Crippen LogP contribution in [0.4, 0.5) is 0 Å². The van der Waals surface area contributed by atoms with Gasteiger partial charge in [-0.05, 0) is 55.3 Å². The lowest BCUT2D eigenvalue weighted by molar-refractivity contribution is 0.0953. The Bertz CT molecular complexity index is 1170. The highest BCUT2D eigenvalue weighted by atomic mass is 79.9. The second-order valence-corrected chi connectivity index (χ2v) is 8.47. The molecule has 0 bridgehead atoms. The van der Waals surface area contributed by atoms with Crippen LogP contribution in [0.5, 0.6) is 5.75 Å². The molecule has 1 amide bonds. The molecule has 4 rings (SSSR count). The maximum atomic E-state index is 12.3. The number of nitrogens with one attached hydrogen (secondary N) is 1. The highest BCUT2D eigenvalue weighted by Gasteiger charge is 2.11. The van der Waals surface area contributed by atoms with Crippen molar-refractivity contribution in [1.82, 2.24) is 14.9 Å². The number of amides is 1. The molecular weight excluding hydrogens is 466 g/mol. The summed E-state index contributed by atoms with van der Waals surface area (Å²) in [4.78, 5) is 17.2. The van der Waals surface area contributed by atoms with E-state index < -0.39 is 0 Å². The van der Waals surface area contributed by atoms with E-state index in [4.69, 9.17) is 9.72 Å². The molecule has 0 aliphatic carbocycles. The van der Waals surface area contributed by atoms with Crippen molar-refractivity contribution in [3.8, 4) is 5.75 Å². The number of hydrogen-bond donors (Lipinski definition) is 1. The number of rotatable bonds is 10. The summed E-state index contributed by atoms with van der Waals surface area (Å²) in [5.74, 6) is 1.88. The van der Waals surface area contributed by atoms with Gasteiger partial charge >= 0.3 is 0 Å². The highest BCUT2D eigenvalue weighted by molar-refractivity contribution is 9.10. The van der Waals surface area contributed by atoms with Gasteiger partial charge in [0.2, 0.25) is 0 Å². The monoisotopic (exact) mass is 491 g/mol. The van der Waals surface area contributed by atoms with Gasteiger partial charge in [0, 0.05) is 29.5 Å². The second kappa shape index (κ2) is 11.0. The number of aryl methyl sites for hydroxylation is 2. The van der Waals surface area contributed by atoms with E-state index in [1.165, 1.54) is 0 Å². The summed E-state index contributed by atoms with van der Waals surface area (Å²) in [5.41, 5.74) is 2.80. The number of benzene rings is 3. The van der Waals surface area contributed by atoms with Crippen LogP contribution in [0, 0.1) is 0 Å². The Kier molecular flexibility index (Phi) is 7.56. The van der Waals surface area contributed by atoms with E-state index in [0.29, 0.717) is 18.7 Å². The Morgan fingerprint density at radius 1 is 0.969 bits per heavy atom. The van der Waals surface area contributed by atoms with E-state index in [1.54, 1.807) is 0 Å². The maximum absolute atomic E-state index is 12.3. The first-order chi connectivity index (χ1) is 15.7. The molecule has 3 aromatic carbocycles. The fourth-order valence-corrected chi connectivity index (χ4v) is 4.07. The number of nitrogens with zero attached hydrogens (tertiary/aromatic N) is 2. The third kappa shape index (κ3) is 5.77. The van der Waals surface area contributed by atoms with Crippen molar-refractivity contribution >= 4 is 32.9 Å². The van der Waals surface area contributed by atoms with E-state index in [1.807, 2.05) is 72.8 Å². The molecule has 32 heavy (non-hydrogen) atoms. The van der Waals surface area contributed by atoms with Crippen molar-refractivity contribution in [2.75, 3.05) is 13.2 Å². The number of aromatic nitrogens is 2. The number of carbonyl (C=O) groups excluding carboxylic acids is 1. The van der Waals surface area contributed by atoms with Gasteiger partial charge in [0.05, 0.1) is 17.6 Å². The Labute approximate surface area is 196 Å². The van der Waals surface area contributed by atoms with Crippen LogP contribution < -0.4 is 10.1 Å². The summed E-state index contributed by atoms with van der Waals surface area (Å²) in [6.07, 6.45) is 2.51. The third-order valence-electron chi connectivity index (χ3n) is 5.22. The quantitative estimate of drug-likeness (QED) is 0.292. The first-order valence-electron chi connectivity index (χ1n) is 10.9. The molecule has 0 saturated heterocycles. The second-order valence-electron chi connectivity index (χ2n) is 7.55. The van der Waals surface area contributed by atoms with Gasteiger partial charge in [0.15, 0.2) is 0 Å². The average molecular weight is 492 g/mol. The van der Waals surface area contributed by atoms with Crippen LogP contribution in [0.3, 0.4) is 0 Å². The van der Waals surface area contributed by atoms with Crippen molar-refractivity contribution in [3.63, 3.8) is 0 Å². The number of ether oxygens (including phenoxy) is 1. The number of para-hydroxylation sites is 3. The molecule has 5 nitrogen and oxygen atoms in total. The van der Waals surface area contributed by atoms with Gasteiger partial charge in [-0.1, -0.05) is 52.3 Å². The molecule has 1 heterocycles. The van der Waals surface area contributed by atoms with Crippen LogP contribution in [0.2, 0.25) is 0 Å². The maximum Gasteiger partial charge on any atom is 0.251 e. The van der Waals surface area contributed by atoms with Gasteiger partial charge < -0.3 is 14.6 Å². The normalized spacial score (nSPS) is 10.9. The molecule has 0 aliphatic rings. The molecule has 0 aliphatic heterocycles. The molecule has 0 atom stereocenters. The van der Waals surface area contributed by atoms with Gasteiger partial charge in [-0.15, -0.1) is 0 Å². The number of hydrogen-bond acceptors (Lipinski definition) is 3. The molecule has 4 aromatic rings. The topological polar surface area (TPSA) is 56.2 Å². The van der Waals surface area contributed by atoms with Gasteiger partial charge in [-0.25, -0.2) is 4.98 Å². The van der Waals surface area contributed by atoms with E-state index in [-0.39, 0.29) is 5.91 Å².